The number of hydrogen-bond acceptors (Lipinski definition) is 4. The molecule has 1 N–H and O–H groups in total. The molecule has 27 heavy (non-hydrogen) atoms. The molecule has 0 radical (unpaired) electrons. The van der Waals surface area contributed by atoms with Crippen LogP contribution in [0.5, 0.6) is 0 Å². The van der Waals surface area contributed by atoms with Gasteiger partial charge in [-0.15, -0.1) is 0 Å². The zero-order chi connectivity index (χ0) is 19.1. The van der Waals surface area contributed by atoms with Crippen LogP contribution >= 0.6 is 11.6 Å². The molecule has 1 spiro atoms. The molecule has 4 heterocycles. The molecule has 3 amide bonds. The molecule has 0 saturated carbocycles. The van der Waals surface area contributed by atoms with Gasteiger partial charge in [0.1, 0.15) is 5.54 Å². The van der Waals surface area contributed by atoms with E-state index in [2.05, 4.69) is 10.2 Å². The smallest absolute Gasteiger partial charge is 0.250 e. The Morgan fingerprint density at radius 3 is 2.81 bits per heavy atom. The molecule has 3 fully saturated rings. The molecule has 6 nitrogen and oxygen atoms in total. The highest BCUT2D eigenvalue weighted by Gasteiger charge is 2.74. The van der Waals surface area contributed by atoms with Crippen LogP contribution in [0.15, 0.2) is 18.2 Å². The lowest BCUT2D eigenvalue weighted by Crippen LogP contribution is -2.54. The number of likely N-dealkylation sites (tertiary alicyclic amines) is 1. The Morgan fingerprint density at radius 2 is 2.07 bits per heavy atom. The van der Waals surface area contributed by atoms with E-state index >= 15 is 0 Å². The Morgan fingerprint density at radius 1 is 1.30 bits per heavy atom. The predicted molar refractivity (Wildman–Crippen MR) is 100 cm³/mol. The number of carbonyl (C=O) groups excluding carboxylic acids is 3. The molecule has 0 aromatic heterocycles. The fraction of sp³-hybridized carbons (Fsp3) is 0.550. The topological polar surface area (TPSA) is 69.7 Å². The Hall–Kier alpha value is -1.92. The van der Waals surface area contributed by atoms with Crippen LogP contribution in [0, 0.1) is 11.8 Å². The maximum atomic E-state index is 13.5. The lowest BCUT2D eigenvalue weighted by molar-refractivity contribution is -0.147. The SMILES string of the molecule is CC[C@@H](C)N1C(=O)[C@H]2[C@@H](C1=O)[C@]1(C(=O)Nc3ccc(Cl)cc31)N1CCC[C@@H]21. The molecule has 5 atom stereocenters. The number of imide groups is 1. The van der Waals surface area contributed by atoms with E-state index < -0.39 is 17.4 Å². The second-order valence-electron chi connectivity index (χ2n) is 8.12. The summed E-state index contributed by atoms with van der Waals surface area (Å²) in [7, 11) is 0. The second kappa shape index (κ2) is 5.55. The van der Waals surface area contributed by atoms with Crippen molar-refractivity contribution in [2.45, 2.75) is 50.7 Å². The second-order valence-corrected chi connectivity index (χ2v) is 8.56. The third kappa shape index (κ3) is 1.88. The lowest BCUT2D eigenvalue weighted by Gasteiger charge is -2.37. The van der Waals surface area contributed by atoms with Crippen LogP contribution in [0.1, 0.15) is 38.7 Å². The molecule has 3 saturated heterocycles. The zero-order valence-electron chi connectivity index (χ0n) is 15.4. The fourth-order valence-corrected chi connectivity index (χ4v) is 5.99. The van der Waals surface area contributed by atoms with E-state index in [1.165, 1.54) is 4.90 Å². The predicted octanol–water partition coefficient (Wildman–Crippen LogP) is 2.37. The molecular weight excluding hydrogens is 366 g/mol. The van der Waals surface area contributed by atoms with Crippen molar-refractivity contribution in [2.75, 3.05) is 11.9 Å². The van der Waals surface area contributed by atoms with E-state index in [9.17, 15) is 14.4 Å². The minimum absolute atomic E-state index is 0.0730. The van der Waals surface area contributed by atoms with Crippen molar-refractivity contribution in [3.63, 3.8) is 0 Å². The molecule has 0 aliphatic carbocycles. The molecule has 0 bridgehead atoms. The standard InChI is InChI=1S/C20H22ClN3O3/c1-3-10(2)24-17(25)15-14-5-4-8-23(14)20(16(15)18(24)26)12-9-11(21)6-7-13(12)22-19(20)27/h6-7,9-10,14-16H,3-5,8H2,1-2H3,(H,22,27)/t10-,14+,15-,16+,20-/m1/s1. The summed E-state index contributed by atoms with van der Waals surface area (Å²) in [4.78, 5) is 43.7. The van der Waals surface area contributed by atoms with Gasteiger partial charge in [0.15, 0.2) is 0 Å². The first-order valence-corrected chi connectivity index (χ1v) is 10.1. The number of fused-ring (bicyclic) bond motifs is 7. The van der Waals surface area contributed by atoms with Gasteiger partial charge in [0.05, 0.1) is 11.8 Å². The number of rotatable bonds is 2. The average molecular weight is 388 g/mol. The number of hydrogen-bond donors (Lipinski definition) is 1. The molecule has 7 heteroatoms. The van der Waals surface area contributed by atoms with Crippen molar-refractivity contribution in [3.8, 4) is 0 Å². The summed E-state index contributed by atoms with van der Waals surface area (Å²) in [5.74, 6) is -1.66. The molecule has 4 aliphatic rings. The van der Waals surface area contributed by atoms with Crippen molar-refractivity contribution in [1.82, 2.24) is 9.80 Å². The van der Waals surface area contributed by atoms with Crippen molar-refractivity contribution >= 4 is 35.0 Å². The molecule has 1 aromatic carbocycles. The highest BCUT2D eigenvalue weighted by atomic mass is 35.5. The van der Waals surface area contributed by atoms with Crippen LogP contribution < -0.4 is 5.32 Å². The molecule has 142 valence electrons. The van der Waals surface area contributed by atoms with Gasteiger partial charge >= 0.3 is 0 Å². The van der Waals surface area contributed by atoms with Crippen molar-refractivity contribution in [2.24, 2.45) is 11.8 Å². The quantitative estimate of drug-likeness (QED) is 0.791. The van der Waals surface area contributed by atoms with Crippen LogP contribution in [0.4, 0.5) is 5.69 Å². The Balaban J connectivity index is 1.74. The van der Waals surface area contributed by atoms with E-state index in [4.69, 9.17) is 11.6 Å². The van der Waals surface area contributed by atoms with Crippen LogP contribution in [0.3, 0.4) is 0 Å². The van der Waals surface area contributed by atoms with Crippen molar-refractivity contribution in [1.29, 1.82) is 0 Å². The number of nitrogens with zero attached hydrogens (tertiary/aromatic N) is 2. The molecule has 5 rings (SSSR count). The first-order chi connectivity index (χ1) is 12.9. The van der Waals surface area contributed by atoms with Gasteiger partial charge in [-0.3, -0.25) is 24.2 Å². The average Bonchev–Trinajstić information content (AvgIpc) is 3.33. The summed E-state index contributed by atoms with van der Waals surface area (Å²) in [5.41, 5.74) is 0.311. The Labute approximate surface area is 162 Å². The van der Waals surface area contributed by atoms with E-state index in [1.807, 2.05) is 13.8 Å². The highest BCUT2D eigenvalue weighted by Crippen LogP contribution is 2.60. The van der Waals surface area contributed by atoms with E-state index in [0.717, 1.165) is 18.4 Å². The van der Waals surface area contributed by atoms with Gasteiger partial charge in [0, 0.05) is 28.4 Å². The minimum Gasteiger partial charge on any atom is -0.324 e. The normalized spacial score (nSPS) is 35.6. The van der Waals surface area contributed by atoms with Gasteiger partial charge in [-0.1, -0.05) is 18.5 Å². The number of nitrogens with one attached hydrogen (secondary N) is 1. The lowest BCUT2D eigenvalue weighted by atomic mass is 9.75. The van der Waals surface area contributed by atoms with Gasteiger partial charge in [0.25, 0.3) is 0 Å². The fourth-order valence-electron chi connectivity index (χ4n) is 5.81. The summed E-state index contributed by atoms with van der Waals surface area (Å²) in [6.45, 7) is 4.57. The van der Waals surface area contributed by atoms with E-state index in [1.54, 1.807) is 18.2 Å². The maximum Gasteiger partial charge on any atom is 0.250 e. The summed E-state index contributed by atoms with van der Waals surface area (Å²) in [6.07, 6.45) is 2.45. The molecular formula is C20H22ClN3O3. The largest absolute Gasteiger partial charge is 0.324 e. The monoisotopic (exact) mass is 387 g/mol. The van der Waals surface area contributed by atoms with Crippen molar-refractivity contribution < 1.29 is 14.4 Å². The van der Waals surface area contributed by atoms with Crippen LogP contribution in [-0.4, -0.2) is 46.1 Å². The summed E-state index contributed by atoms with van der Waals surface area (Å²) >= 11 is 6.27. The maximum absolute atomic E-state index is 13.5. The molecule has 1 aromatic rings. The number of amides is 3. The summed E-state index contributed by atoms with van der Waals surface area (Å²) in [5, 5.41) is 3.48. The van der Waals surface area contributed by atoms with Gasteiger partial charge in [-0.25, -0.2) is 0 Å². The minimum atomic E-state index is -1.12. The van der Waals surface area contributed by atoms with Crippen molar-refractivity contribution in [3.05, 3.63) is 28.8 Å². The van der Waals surface area contributed by atoms with Gasteiger partial charge in [-0.2, -0.15) is 0 Å². The zero-order valence-corrected chi connectivity index (χ0v) is 16.1. The summed E-state index contributed by atoms with van der Waals surface area (Å²) < 4.78 is 0. The summed E-state index contributed by atoms with van der Waals surface area (Å²) in [6, 6.07) is 5.08. The number of benzene rings is 1. The third-order valence-corrected chi connectivity index (χ3v) is 7.26. The van der Waals surface area contributed by atoms with E-state index in [-0.39, 0.29) is 29.8 Å². The number of anilines is 1. The van der Waals surface area contributed by atoms with Crippen LogP contribution in [-0.2, 0) is 19.9 Å². The first kappa shape index (κ1) is 17.2. The third-order valence-electron chi connectivity index (χ3n) is 7.02. The number of halogens is 1. The van der Waals surface area contributed by atoms with Gasteiger partial charge in [-0.05, 0) is 50.9 Å². The van der Waals surface area contributed by atoms with Crippen LogP contribution in [0.2, 0.25) is 5.02 Å². The highest BCUT2D eigenvalue weighted by molar-refractivity contribution is 6.31. The van der Waals surface area contributed by atoms with Crippen LogP contribution in [0.25, 0.3) is 0 Å². The number of carbonyl (C=O) groups is 3. The Bertz CT molecular complexity index is 887. The molecule has 4 aliphatic heterocycles. The van der Waals surface area contributed by atoms with E-state index in [0.29, 0.717) is 23.7 Å². The van der Waals surface area contributed by atoms with Gasteiger partial charge in [0.2, 0.25) is 17.7 Å². The van der Waals surface area contributed by atoms with Gasteiger partial charge < -0.3 is 5.32 Å². The molecule has 0 unspecified atom stereocenters. The first-order valence-electron chi connectivity index (χ1n) is 9.68. The Kier molecular flexibility index (Phi) is 3.53.